The molecule has 0 radical (unpaired) electrons. The van der Waals surface area contributed by atoms with E-state index in [1.165, 1.54) is 0 Å². The molecule has 2 aromatic rings. The van der Waals surface area contributed by atoms with E-state index in [1.54, 1.807) is 4.90 Å². The number of amides is 3. The number of ether oxygens (including phenoxy) is 2. The van der Waals surface area contributed by atoms with Gasteiger partial charge in [-0.25, -0.2) is 4.79 Å². The summed E-state index contributed by atoms with van der Waals surface area (Å²) in [5.74, 6) is 1.72. The highest BCUT2D eigenvalue weighted by Gasteiger charge is 2.36. The zero-order valence-electron chi connectivity index (χ0n) is 18.2. The van der Waals surface area contributed by atoms with E-state index < -0.39 is 0 Å². The number of urea groups is 1. The van der Waals surface area contributed by atoms with Gasteiger partial charge in [0.2, 0.25) is 5.91 Å². The number of anilines is 1. The first-order valence-corrected chi connectivity index (χ1v) is 11.5. The predicted octanol–water partition coefficient (Wildman–Crippen LogP) is 4.07. The van der Waals surface area contributed by atoms with Crippen molar-refractivity contribution < 1.29 is 19.1 Å². The molecule has 1 N–H and O–H groups in total. The molecule has 0 aromatic heterocycles. The molecule has 2 aromatic carbocycles. The molecule has 0 bridgehead atoms. The second kappa shape index (κ2) is 9.10. The van der Waals surface area contributed by atoms with Gasteiger partial charge in [0.1, 0.15) is 13.2 Å². The van der Waals surface area contributed by atoms with Crippen molar-refractivity contribution in [3.8, 4) is 11.5 Å². The Hall–Kier alpha value is -3.22. The van der Waals surface area contributed by atoms with Crippen molar-refractivity contribution in [1.29, 1.82) is 0 Å². The third-order valence-corrected chi connectivity index (χ3v) is 6.64. The van der Waals surface area contributed by atoms with Gasteiger partial charge in [-0.05, 0) is 55.5 Å². The van der Waals surface area contributed by atoms with E-state index in [9.17, 15) is 9.59 Å². The molecule has 0 aliphatic carbocycles. The van der Waals surface area contributed by atoms with E-state index in [4.69, 9.17) is 9.47 Å². The highest BCUT2D eigenvalue weighted by Crippen LogP contribution is 2.39. The molecule has 2 saturated heterocycles. The van der Waals surface area contributed by atoms with Gasteiger partial charge in [-0.15, -0.1) is 0 Å². The quantitative estimate of drug-likeness (QED) is 0.789. The third-order valence-electron chi connectivity index (χ3n) is 6.64. The monoisotopic (exact) mass is 435 g/mol. The first kappa shape index (κ1) is 20.7. The topological polar surface area (TPSA) is 71.1 Å². The number of fused-ring (bicyclic) bond motifs is 1. The molecule has 0 unspecified atom stereocenters. The maximum absolute atomic E-state index is 13.4. The number of likely N-dealkylation sites (tertiary alicyclic amines) is 2. The number of carbonyl (C=O) groups is 2. The molecule has 1 atom stereocenters. The minimum Gasteiger partial charge on any atom is -0.486 e. The fourth-order valence-electron chi connectivity index (χ4n) is 4.93. The van der Waals surface area contributed by atoms with Crippen molar-refractivity contribution in [2.75, 3.05) is 38.2 Å². The molecular weight excluding hydrogens is 406 g/mol. The number of nitrogens with one attached hydrogen (secondary N) is 1. The van der Waals surface area contributed by atoms with Crippen LogP contribution in [0.2, 0.25) is 0 Å². The van der Waals surface area contributed by atoms with Crippen LogP contribution in [-0.2, 0) is 4.79 Å². The van der Waals surface area contributed by atoms with Crippen LogP contribution in [0.4, 0.5) is 10.5 Å². The maximum atomic E-state index is 13.4. The summed E-state index contributed by atoms with van der Waals surface area (Å²) in [5, 5.41) is 2.93. The number of rotatable bonds is 3. The number of hydrogen-bond acceptors (Lipinski definition) is 4. The lowest BCUT2D eigenvalue weighted by Crippen LogP contribution is -2.45. The number of hydrogen-bond donors (Lipinski definition) is 1. The Bertz CT molecular complexity index is 972. The maximum Gasteiger partial charge on any atom is 0.321 e. The molecule has 0 saturated carbocycles. The highest BCUT2D eigenvalue weighted by atomic mass is 16.6. The summed E-state index contributed by atoms with van der Waals surface area (Å²) in [6.07, 6.45) is 3.36. The standard InChI is InChI=1S/C25H29N3O4/c29-24(18-10-13-27(14-11-18)25(30)26-20-5-2-1-3-6-20)28-12-4-7-21(28)19-8-9-22-23(17-19)32-16-15-31-22/h1-3,5-6,8-9,17-18,21H,4,7,10-16H2,(H,26,30)/t21-/m0/s1. The smallest absolute Gasteiger partial charge is 0.321 e. The molecule has 2 fully saturated rings. The average Bonchev–Trinajstić information content (AvgIpc) is 3.34. The van der Waals surface area contributed by atoms with Gasteiger partial charge >= 0.3 is 6.03 Å². The van der Waals surface area contributed by atoms with Crippen molar-refractivity contribution >= 4 is 17.6 Å². The Morgan fingerprint density at radius 1 is 0.875 bits per heavy atom. The van der Waals surface area contributed by atoms with Crippen LogP contribution in [0.25, 0.3) is 0 Å². The molecule has 3 heterocycles. The van der Waals surface area contributed by atoms with Crippen molar-refractivity contribution in [3.63, 3.8) is 0 Å². The lowest BCUT2D eigenvalue weighted by molar-refractivity contribution is -0.137. The number of benzene rings is 2. The highest BCUT2D eigenvalue weighted by molar-refractivity contribution is 5.89. The van der Waals surface area contributed by atoms with Crippen LogP contribution < -0.4 is 14.8 Å². The van der Waals surface area contributed by atoms with Gasteiger partial charge in [0.25, 0.3) is 0 Å². The van der Waals surface area contributed by atoms with Crippen molar-refractivity contribution in [1.82, 2.24) is 9.80 Å². The van der Waals surface area contributed by atoms with Gasteiger partial charge in [-0.3, -0.25) is 4.79 Å². The summed E-state index contributed by atoms with van der Waals surface area (Å²) >= 11 is 0. The van der Waals surface area contributed by atoms with Gasteiger partial charge < -0.3 is 24.6 Å². The molecule has 32 heavy (non-hydrogen) atoms. The number of para-hydroxylation sites is 1. The Morgan fingerprint density at radius 3 is 2.41 bits per heavy atom. The summed E-state index contributed by atoms with van der Waals surface area (Å²) in [6.45, 7) is 3.10. The lowest BCUT2D eigenvalue weighted by Gasteiger charge is -2.35. The number of piperidine rings is 1. The molecular formula is C25H29N3O4. The summed E-state index contributed by atoms with van der Waals surface area (Å²) in [7, 11) is 0. The van der Waals surface area contributed by atoms with Crippen LogP contribution in [0, 0.1) is 5.92 Å². The SMILES string of the molecule is O=C(Nc1ccccc1)N1CCC(C(=O)N2CCC[C@H]2c2ccc3c(c2)OCCO3)CC1. The number of nitrogens with zero attached hydrogens (tertiary/aromatic N) is 2. The van der Waals surface area contributed by atoms with E-state index in [2.05, 4.69) is 11.4 Å². The summed E-state index contributed by atoms with van der Waals surface area (Å²) in [4.78, 5) is 29.8. The van der Waals surface area contributed by atoms with Gasteiger partial charge in [0.05, 0.1) is 6.04 Å². The summed E-state index contributed by atoms with van der Waals surface area (Å²) in [5.41, 5.74) is 1.90. The van der Waals surface area contributed by atoms with Crippen LogP contribution >= 0.6 is 0 Å². The zero-order chi connectivity index (χ0) is 21.9. The fraction of sp³-hybridized carbons (Fsp3) is 0.440. The van der Waals surface area contributed by atoms with Gasteiger partial charge in [-0.1, -0.05) is 24.3 Å². The Morgan fingerprint density at radius 2 is 1.62 bits per heavy atom. The summed E-state index contributed by atoms with van der Waals surface area (Å²) in [6, 6.07) is 15.5. The van der Waals surface area contributed by atoms with Gasteiger partial charge in [-0.2, -0.15) is 0 Å². The zero-order valence-corrected chi connectivity index (χ0v) is 18.2. The lowest BCUT2D eigenvalue weighted by atomic mass is 9.94. The normalized spacial score (nSPS) is 20.8. The first-order chi connectivity index (χ1) is 15.7. The molecule has 3 aliphatic rings. The minimum atomic E-state index is -0.0996. The van der Waals surface area contributed by atoms with Crippen molar-refractivity contribution in [2.45, 2.75) is 31.7 Å². The van der Waals surface area contributed by atoms with E-state index in [1.807, 2.05) is 47.4 Å². The minimum absolute atomic E-state index is 0.0337. The molecule has 168 valence electrons. The Balaban J connectivity index is 1.20. The first-order valence-electron chi connectivity index (χ1n) is 11.5. The molecule has 7 nitrogen and oxygen atoms in total. The van der Waals surface area contributed by atoms with E-state index in [0.717, 1.165) is 42.1 Å². The van der Waals surface area contributed by atoms with Gasteiger partial charge in [0.15, 0.2) is 11.5 Å². The van der Waals surface area contributed by atoms with E-state index in [0.29, 0.717) is 39.1 Å². The third kappa shape index (κ3) is 4.24. The van der Waals surface area contributed by atoms with Crippen LogP contribution in [-0.4, -0.2) is 54.6 Å². The molecule has 3 amide bonds. The van der Waals surface area contributed by atoms with Gasteiger partial charge in [0, 0.05) is 31.2 Å². The Labute approximate surface area is 188 Å². The van der Waals surface area contributed by atoms with Crippen molar-refractivity contribution in [2.24, 2.45) is 5.92 Å². The molecule has 7 heteroatoms. The van der Waals surface area contributed by atoms with Crippen LogP contribution in [0.1, 0.15) is 37.3 Å². The molecule has 5 rings (SSSR count). The van der Waals surface area contributed by atoms with Crippen LogP contribution in [0.15, 0.2) is 48.5 Å². The fourth-order valence-corrected chi connectivity index (χ4v) is 4.93. The Kier molecular flexibility index (Phi) is 5.88. The second-order valence-corrected chi connectivity index (χ2v) is 8.65. The second-order valence-electron chi connectivity index (χ2n) is 8.65. The molecule has 3 aliphatic heterocycles. The van der Waals surface area contributed by atoms with Crippen LogP contribution in [0.5, 0.6) is 11.5 Å². The van der Waals surface area contributed by atoms with Crippen molar-refractivity contribution in [3.05, 3.63) is 54.1 Å². The molecule has 0 spiro atoms. The average molecular weight is 436 g/mol. The predicted molar refractivity (Wildman–Crippen MR) is 121 cm³/mol. The van der Waals surface area contributed by atoms with E-state index in [-0.39, 0.29) is 23.9 Å². The largest absolute Gasteiger partial charge is 0.486 e. The number of carbonyl (C=O) groups excluding carboxylic acids is 2. The van der Waals surface area contributed by atoms with Crippen LogP contribution in [0.3, 0.4) is 0 Å². The summed E-state index contributed by atoms with van der Waals surface area (Å²) < 4.78 is 11.4. The van der Waals surface area contributed by atoms with E-state index >= 15 is 0 Å².